The summed E-state index contributed by atoms with van der Waals surface area (Å²) in [6.07, 6.45) is 1.79. The number of ether oxygens (including phenoxy) is 1. The van der Waals surface area contributed by atoms with Crippen LogP contribution in [0.2, 0.25) is 0 Å². The third kappa shape index (κ3) is 6.22. The van der Waals surface area contributed by atoms with Crippen LogP contribution in [0.1, 0.15) is 44.7 Å². The number of esters is 1. The van der Waals surface area contributed by atoms with Crippen LogP contribution in [0.15, 0.2) is 64.5 Å². The van der Waals surface area contributed by atoms with Crippen LogP contribution in [0.5, 0.6) is 0 Å². The predicted molar refractivity (Wildman–Crippen MR) is 130 cm³/mol. The van der Waals surface area contributed by atoms with Gasteiger partial charge < -0.3 is 10.1 Å². The van der Waals surface area contributed by atoms with Crippen molar-refractivity contribution in [2.24, 2.45) is 0 Å². The third-order valence-electron chi connectivity index (χ3n) is 5.34. The van der Waals surface area contributed by atoms with E-state index >= 15 is 0 Å². The Bertz CT molecular complexity index is 1160. The van der Waals surface area contributed by atoms with Gasteiger partial charge in [-0.2, -0.15) is 0 Å². The van der Waals surface area contributed by atoms with E-state index in [1.54, 1.807) is 25.1 Å². The van der Waals surface area contributed by atoms with E-state index in [0.29, 0.717) is 16.1 Å². The van der Waals surface area contributed by atoms with E-state index in [2.05, 4.69) is 17.2 Å². The molecule has 8 heteroatoms. The highest BCUT2D eigenvalue weighted by atomic mass is 32.2. The lowest BCUT2D eigenvalue weighted by Crippen LogP contribution is -2.35. The SMILES string of the molecule is CCC[C@H](NC(=O)[C@H](C)Sc1nc2ccccc2c(=O)n1CCC(=O)OC)c1ccccc1. The Hall–Kier alpha value is -3.13. The number of amides is 1. The molecule has 3 aromatic rings. The number of thioether (sulfide) groups is 1. The van der Waals surface area contributed by atoms with Gasteiger partial charge in [-0.1, -0.05) is 67.6 Å². The van der Waals surface area contributed by atoms with Crippen molar-refractivity contribution >= 4 is 34.5 Å². The van der Waals surface area contributed by atoms with E-state index in [1.807, 2.05) is 36.4 Å². The minimum atomic E-state index is -0.495. The zero-order valence-corrected chi connectivity index (χ0v) is 19.9. The molecule has 0 saturated carbocycles. The summed E-state index contributed by atoms with van der Waals surface area (Å²) < 4.78 is 6.17. The number of carbonyl (C=O) groups is 2. The van der Waals surface area contributed by atoms with Gasteiger partial charge in [0.1, 0.15) is 0 Å². The average Bonchev–Trinajstić information content (AvgIpc) is 2.83. The zero-order chi connectivity index (χ0) is 23.8. The van der Waals surface area contributed by atoms with E-state index in [-0.39, 0.29) is 30.5 Å². The second-order valence-corrected chi connectivity index (χ2v) is 9.02. The molecule has 1 heterocycles. The first kappa shape index (κ1) is 24.5. The molecule has 3 rings (SSSR count). The molecule has 0 unspecified atom stereocenters. The van der Waals surface area contributed by atoms with Crippen LogP contribution in [-0.4, -0.2) is 33.8 Å². The molecule has 7 nitrogen and oxygen atoms in total. The summed E-state index contributed by atoms with van der Waals surface area (Å²) in [6.45, 7) is 4.00. The quantitative estimate of drug-likeness (QED) is 0.274. The predicted octanol–water partition coefficient (Wildman–Crippen LogP) is 4.10. The second-order valence-electron chi connectivity index (χ2n) is 7.72. The number of hydrogen-bond acceptors (Lipinski definition) is 6. The third-order valence-corrected chi connectivity index (χ3v) is 6.43. The number of fused-ring (bicyclic) bond motifs is 1. The minimum Gasteiger partial charge on any atom is -0.469 e. The molecule has 0 radical (unpaired) electrons. The Morgan fingerprint density at radius 1 is 1.12 bits per heavy atom. The van der Waals surface area contributed by atoms with Gasteiger partial charge in [0.2, 0.25) is 5.91 Å². The topological polar surface area (TPSA) is 90.3 Å². The van der Waals surface area contributed by atoms with Crippen molar-refractivity contribution in [3.63, 3.8) is 0 Å². The first-order chi connectivity index (χ1) is 15.9. The first-order valence-corrected chi connectivity index (χ1v) is 11.9. The van der Waals surface area contributed by atoms with Crippen molar-refractivity contribution in [3.05, 3.63) is 70.5 Å². The Labute approximate surface area is 197 Å². The van der Waals surface area contributed by atoms with Crippen molar-refractivity contribution in [2.45, 2.75) is 56.1 Å². The highest BCUT2D eigenvalue weighted by Gasteiger charge is 2.22. The molecule has 0 fully saturated rings. The van der Waals surface area contributed by atoms with Gasteiger partial charge in [0, 0.05) is 6.54 Å². The largest absolute Gasteiger partial charge is 0.469 e. The van der Waals surface area contributed by atoms with E-state index in [1.165, 1.54) is 23.4 Å². The molecule has 0 aliphatic heterocycles. The Balaban J connectivity index is 1.85. The van der Waals surface area contributed by atoms with Crippen LogP contribution >= 0.6 is 11.8 Å². The zero-order valence-electron chi connectivity index (χ0n) is 19.1. The number of nitrogens with one attached hydrogen (secondary N) is 1. The standard InChI is InChI=1S/C25H29N3O4S/c1-4-10-20(18-11-6-5-7-12-18)26-23(30)17(2)33-25-27-21-14-9-8-13-19(21)24(31)28(25)16-15-22(29)32-3/h5-9,11-14,17,20H,4,10,15-16H2,1-3H3,(H,26,30)/t17-,20-/m0/s1. The summed E-state index contributed by atoms with van der Waals surface area (Å²) in [4.78, 5) is 42.5. The van der Waals surface area contributed by atoms with Gasteiger partial charge in [0.15, 0.2) is 5.16 Å². The van der Waals surface area contributed by atoms with Gasteiger partial charge in [-0.05, 0) is 31.0 Å². The van der Waals surface area contributed by atoms with E-state index < -0.39 is 11.2 Å². The fraction of sp³-hybridized carbons (Fsp3) is 0.360. The lowest BCUT2D eigenvalue weighted by Gasteiger charge is -2.21. The van der Waals surface area contributed by atoms with Crippen LogP contribution in [0, 0.1) is 0 Å². The lowest BCUT2D eigenvalue weighted by atomic mass is 10.0. The molecule has 0 bridgehead atoms. The van der Waals surface area contributed by atoms with E-state index in [4.69, 9.17) is 4.74 Å². The highest BCUT2D eigenvalue weighted by molar-refractivity contribution is 8.00. The maximum atomic E-state index is 13.1. The molecule has 1 N–H and O–H groups in total. The minimum absolute atomic E-state index is 0.0388. The maximum Gasteiger partial charge on any atom is 0.307 e. The number of carbonyl (C=O) groups excluding carboxylic acids is 2. The molecular formula is C25H29N3O4S. The highest BCUT2D eigenvalue weighted by Crippen LogP contribution is 2.25. The smallest absolute Gasteiger partial charge is 0.307 e. The number of aromatic nitrogens is 2. The molecule has 33 heavy (non-hydrogen) atoms. The summed E-state index contributed by atoms with van der Waals surface area (Å²) in [6, 6.07) is 16.9. The summed E-state index contributed by atoms with van der Waals surface area (Å²) in [7, 11) is 1.31. The Kier molecular flexibility index (Phi) is 8.65. The van der Waals surface area contributed by atoms with Crippen molar-refractivity contribution in [3.8, 4) is 0 Å². The second kappa shape index (κ2) is 11.7. The van der Waals surface area contributed by atoms with E-state index in [0.717, 1.165) is 18.4 Å². The molecule has 2 aromatic carbocycles. The molecule has 0 aliphatic rings. The number of rotatable bonds is 10. The summed E-state index contributed by atoms with van der Waals surface area (Å²) in [5, 5.41) is 3.51. The summed E-state index contributed by atoms with van der Waals surface area (Å²) in [5.41, 5.74) is 1.37. The fourth-order valence-electron chi connectivity index (χ4n) is 3.54. The normalized spacial score (nSPS) is 12.8. The van der Waals surface area contributed by atoms with Crippen LogP contribution in [-0.2, 0) is 20.9 Å². The molecular weight excluding hydrogens is 438 g/mol. The molecule has 0 saturated heterocycles. The fourth-order valence-corrected chi connectivity index (χ4v) is 4.48. The summed E-state index contributed by atoms with van der Waals surface area (Å²) in [5.74, 6) is -0.550. The lowest BCUT2D eigenvalue weighted by molar-refractivity contribution is -0.140. The molecule has 0 aliphatic carbocycles. The number of para-hydroxylation sites is 1. The van der Waals surface area contributed by atoms with Gasteiger partial charge in [0.25, 0.3) is 5.56 Å². The number of nitrogens with zero attached hydrogens (tertiary/aromatic N) is 2. The summed E-state index contributed by atoms with van der Waals surface area (Å²) >= 11 is 1.21. The van der Waals surface area contributed by atoms with E-state index in [9.17, 15) is 14.4 Å². The number of methoxy groups -OCH3 is 1. The molecule has 1 amide bonds. The monoisotopic (exact) mass is 467 g/mol. The van der Waals surface area contributed by atoms with Crippen molar-refractivity contribution in [1.29, 1.82) is 0 Å². The van der Waals surface area contributed by atoms with Crippen molar-refractivity contribution in [1.82, 2.24) is 14.9 Å². The maximum absolute atomic E-state index is 13.1. The van der Waals surface area contributed by atoms with Crippen molar-refractivity contribution in [2.75, 3.05) is 7.11 Å². The Morgan fingerprint density at radius 2 is 1.82 bits per heavy atom. The number of benzene rings is 2. The van der Waals surface area contributed by atoms with Gasteiger partial charge in [-0.15, -0.1) is 0 Å². The van der Waals surface area contributed by atoms with Crippen LogP contribution in [0.25, 0.3) is 10.9 Å². The van der Waals surface area contributed by atoms with Gasteiger partial charge >= 0.3 is 5.97 Å². The molecule has 2 atom stereocenters. The first-order valence-electron chi connectivity index (χ1n) is 11.0. The molecule has 174 valence electrons. The van der Waals surface area contributed by atoms with Crippen molar-refractivity contribution < 1.29 is 14.3 Å². The van der Waals surface area contributed by atoms with Crippen LogP contribution in [0.4, 0.5) is 0 Å². The Morgan fingerprint density at radius 3 is 2.52 bits per heavy atom. The average molecular weight is 468 g/mol. The molecule has 0 spiro atoms. The van der Waals surface area contributed by atoms with Gasteiger partial charge in [-0.3, -0.25) is 19.0 Å². The van der Waals surface area contributed by atoms with Gasteiger partial charge in [0.05, 0.1) is 35.7 Å². The van der Waals surface area contributed by atoms with Gasteiger partial charge in [-0.25, -0.2) is 4.98 Å². The number of hydrogen-bond donors (Lipinski definition) is 1. The molecule has 1 aromatic heterocycles. The van der Waals surface area contributed by atoms with Crippen LogP contribution < -0.4 is 10.9 Å². The van der Waals surface area contributed by atoms with Crippen LogP contribution in [0.3, 0.4) is 0 Å².